The van der Waals surface area contributed by atoms with Gasteiger partial charge in [-0.2, -0.15) is 0 Å². The highest BCUT2D eigenvalue weighted by Gasteiger charge is 2.20. The predicted octanol–water partition coefficient (Wildman–Crippen LogP) is 0.988. The Balaban J connectivity index is 1.67. The number of aromatic nitrogens is 4. The second-order valence-electron chi connectivity index (χ2n) is 6.06. The molecule has 0 radical (unpaired) electrons. The summed E-state index contributed by atoms with van der Waals surface area (Å²) in [7, 11) is 0. The Labute approximate surface area is 138 Å². The Kier molecular flexibility index (Phi) is 3.46. The average Bonchev–Trinajstić information content (AvgIpc) is 3.16. The van der Waals surface area contributed by atoms with Crippen LogP contribution in [0.3, 0.4) is 0 Å². The first kappa shape index (κ1) is 14.7. The number of aliphatic imine (C=N–C) groups is 1. The van der Waals surface area contributed by atoms with Crippen LogP contribution in [0.5, 0.6) is 0 Å². The molecular formula is C16H20N8. The van der Waals surface area contributed by atoms with E-state index in [9.17, 15) is 0 Å². The number of aromatic amines is 2. The van der Waals surface area contributed by atoms with Gasteiger partial charge in [0.05, 0.1) is 34.0 Å². The molecule has 1 aliphatic heterocycles. The van der Waals surface area contributed by atoms with Gasteiger partial charge in [0.25, 0.3) is 0 Å². The van der Waals surface area contributed by atoms with Crippen molar-refractivity contribution in [2.45, 2.75) is 25.8 Å². The van der Waals surface area contributed by atoms with Crippen molar-refractivity contribution in [1.29, 1.82) is 0 Å². The van der Waals surface area contributed by atoms with Gasteiger partial charge >= 0.3 is 0 Å². The number of benzene rings is 1. The van der Waals surface area contributed by atoms with Crippen molar-refractivity contribution in [3.05, 3.63) is 41.2 Å². The van der Waals surface area contributed by atoms with E-state index in [1.807, 2.05) is 18.2 Å². The molecule has 0 bridgehead atoms. The number of H-pyrrole nitrogens is 2. The third-order valence-corrected chi connectivity index (χ3v) is 4.29. The SMILES string of the molecule is CC(c1nc2c([nH]1)CNCC2)c1nc2ccc(N=C(N)N)cc2[nH]1. The van der Waals surface area contributed by atoms with Gasteiger partial charge in [-0.15, -0.1) is 0 Å². The van der Waals surface area contributed by atoms with E-state index in [1.165, 1.54) is 5.69 Å². The molecule has 1 unspecified atom stereocenters. The van der Waals surface area contributed by atoms with E-state index in [2.05, 4.69) is 32.2 Å². The molecule has 1 aromatic carbocycles. The molecule has 2 aromatic heterocycles. The van der Waals surface area contributed by atoms with E-state index < -0.39 is 0 Å². The van der Waals surface area contributed by atoms with Gasteiger partial charge in [0.15, 0.2) is 5.96 Å². The minimum absolute atomic E-state index is 0.0391. The normalized spacial score (nSPS) is 15.2. The first-order valence-electron chi connectivity index (χ1n) is 7.98. The molecule has 1 atom stereocenters. The largest absolute Gasteiger partial charge is 0.370 e. The van der Waals surface area contributed by atoms with Crippen LogP contribution >= 0.6 is 0 Å². The molecule has 3 heterocycles. The van der Waals surface area contributed by atoms with Crippen molar-refractivity contribution < 1.29 is 0 Å². The number of nitrogens with one attached hydrogen (secondary N) is 3. The molecule has 0 amide bonds. The van der Waals surface area contributed by atoms with Crippen LogP contribution in [-0.4, -0.2) is 32.4 Å². The maximum Gasteiger partial charge on any atom is 0.191 e. The van der Waals surface area contributed by atoms with Crippen molar-refractivity contribution in [2.24, 2.45) is 16.5 Å². The van der Waals surface area contributed by atoms with Gasteiger partial charge in [-0.05, 0) is 25.1 Å². The number of hydrogen-bond acceptors (Lipinski definition) is 4. The summed E-state index contributed by atoms with van der Waals surface area (Å²) in [5.74, 6) is 1.89. The zero-order valence-electron chi connectivity index (χ0n) is 13.4. The first-order valence-corrected chi connectivity index (χ1v) is 7.98. The molecule has 0 aliphatic carbocycles. The second kappa shape index (κ2) is 5.64. The quantitative estimate of drug-likeness (QED) is 0.362. The first-order chi connectivity index (χ1) is 11.6. The molecule has 24 heavy (non-hydrogen) atoms. The van der Waals surface area contributed by atoms with E-state index in [0.29, 0.717) is 5.69 Å². The van der Waals surface area contributed by atoms with Gasteiger partial charge < -0.3 is 26.8 Å². The molecule has 0 fully saturated rings. The van der Waals surface area contributed by atoms with E-state index in [-0.39, 0.29) is 11.9 Å². The molecule has 7 N–H and O–H groups in total. The van der Waals surface area contributed by atoms with Gasteiger partial charge in [0, 0.05) is 19.5 Å². The summed E-state index contributed by atoms with van der Waals surface area (Å²) >= 11 is 0. The number of nitrogens with zero attached hydrogens (tertiary/aromatic N) is 3. The lowest BCUT2D eigenvalue weighted by Crippen LogP contribution is -2.23. The molecule has 0 saturated heterocycles. The van der Waals surface area contributed by atoms with Crippen LogP contribution in [0.15, 0.2) is 23.2 Å². The second-order valence-corrected chi connectivity index (χ2v) is 6.06. The third kappa shape index (κ3) is 2.61. The summed E-state index contributed by atoms with van der Waals surface area (Å²) in [5, 5.41) is 3.35. The molecule has 124 valence electrons. The fourth-order valence-corrected chi connectivity index (χ4v) is 3.02. The highest BCUT2D eigenvalue weighted by molar-refractivity contribution is 5.83. The third-order valence-electron chi connectivity index (χ3n) is 4.29. The lowest BCUT2D eigenvalue weighted by molar-refractivity contribution is 0.627. The number of hydrogen-bond donors (Lipinski definition) is 5. The van der Waals surface area contributed by atoms with Crippen molar-refractivity contribution in [2.75, 3.05) is 6.54 Å². The summed E-state index contributed by atoms with van der Waals surface area (Å²) in [6, 6.07) is 5.63. The van der Waals surface area contributed by atoms with Crippen LogP contribution in [0.1, 0.15) is 35.9 Å². The van der Waals surface area contributed by atoms with Crippen LogP contribution in [0, 0.1) is 0 Å². The van der Waals surface area contributed by atoms with E-state index in [4.69, 9.17) is 16.5 Å². The summed E-state index contributed by atoms with van der Waals surface area (Å²) in [6.45, 7) is 3.91. The van der Waals surface area contributed by atoms with E-state index >= 15 is 0 Å². The Morgan fingerprint density at radius 3 is 2.83 bits per heavy atom. The standard InChI is InChI=1S/C16H20N8/c1-8(15-22-11-4-5-19-7-13(11)24-15)14-21-10-3-2-9(20-16(17)18)6-12(10)23-14/h2-3,6,8,19H,4-5,7H2,1H3,(H,21,23)(H,22,24)(H4,17,18,20). The lowest BCUT2D eigenvalue weighted by atomic mass is 10.1. The highest BCUT2D eigenvalue weighted by atomic mass is 15.0. The summed E-state index contributed by atoms with van der Waals surface area (Å²) < 4.78 is 0. The van der Waals surface area contributed by atoms with Crippen molar-refractivity contribution in [3.8, 4) is 0 Å². The maximum atomic E-state index is 5.43. The molecule has 4 rings (SSSR count). The molecule has 3 aromatic rings. The number of nitrogens with two attached hydrogens (primary N) is 2. The van der Waals surface area contributed by atoms with Gasteiger partial charge in [0.2, 0.25) is 0 Å². The summed E-state index contributed by atoms with van der Waals surface area (Å²) in [6.07, 6.45) is 0.959. The van der Waals surface area contributed by atoms with Gasteiger partial charge in [0.1, 0.15) is 11.6 Å². The zero-order chi connectivity index (χ0) is 16.7. The summed E-state index contributed by atoms with van der Waals surface area (Å²) in [5.41, 5.74) is 15.7. The van der Waals surface area contributed by atoms with Gasteiger partial charge in [-0.25, -0.2) is 15.0 Å². The molecular weight excluding hydrogens is 304 g/mol. The van der Waals surface area contributed by atoms with E-state index in [0.717, 1.165) is 47.9 Å². The van der Waals surface area contributed by atoms with Crippen LogP contribution in [0.2, 0.25) is 0 Å². The minimum Gasteiger partial charge on any atom is -0.370 e. The smallest absolute Gasteiger partial charge is 0.191 e. The average molecular weight is 324 g/mol. The molecule has 1 aliphatic rings. The number of fused-ring (bicyclic) bond motifs is 2. The van der Waals surface area contributed by atoms with Crippen molar-refractivity contribution in [1.82, 2.24) is 25.3 Å². The Hall–Kier alpha value is -2.87. The molecule has 0 spiro atoms. The minimum atomic E-state index is 0.0391. The highest BCUT2D eigenvalue weighted by Crippen LogP contribution is 2.26. The topological polar surface area (TPSA) is 134 Å². The van der Waals surface area contributed by atoms with Gasteiger partial charge in [-0.3, -0.25) is 0 Å². The zero-order valence-corrected chi connectivity index (χ0v) is 13.4. The van der Waals surface area contributed by atoms with E-state index in [1.54, 1.807) is 0 Å². The Morgan fingerprint density at radius 1 is 1.21 bits per heavy atom. The molecule has 0 saturated carbocycles. The fourth-order valence-electron chi connectivity index (χ4n) is 3.02. The molecule has 8 nitrogen and oxygen atoms in total. The summed E-state index contributed by atoms with van der Waals surface area (Å²) in [4.78, 5) is 20.3. The predicted molar refractivity (Wildman–Crippen MR) is 93.1 cm³/mol. The van der Waals surface area contributed by atoms with Crippen molar-refractivity contribution in [3.63, 3.8) is 0 Å². The Bertz CT molecular complexity index is 892. The van der Waals surface area contributed by atoms with Crippen LogP contribution in [0.25, 0.3) is 11.0 Å². The number of rotatable bonds is 3. The maximum absolute atomic E-state index is 5.43. The van der Waals surface area contributed by atoms with Gasteiger partial charge in [-0.1, -0.05) is 0 Å². The van der Waals surface area contributed by atoms with Crippen molar-refractivity contribution >= 4 is 22.7 Å². The van der Waals surface area contributed by atoms with Crippen LogP contribution in [0.4, 0.5) is 5.69 Å². The van der Waals surface area contributed by atoms with Crippen LogP contribution in [-0.2, 0) is 13.0 Å². The Morgan fingerprint density at radius 2 is 2.04 bits per heavy atom. The fraction of sp³-hybridized carbons (Fsp3) is 0.312. The lowest BCUT2D eigenvalue weighted by Gasteiger charge is -2.09. The van der Waals surface area contributed by atoms with Crippen LogP contribution < -0.4 is 16.8 Å². The number of imidazole rings is 2. The number of guanidine groups is 1. The molecule has 8 heteroatoms. The monoisotopic (exact) mass is 324 g/mol.